The molecule has 1 aliphatic heterocycles. The maximum absolute atomic E-state index is 13.3. The number of para-hydroxylation sites is 1. The number of aromatic nitrogens is 4. The van der Waals surface area contributed by atoms with Crippen molar-refractivity contribution in [2.75, 3.05) is 26.3 Å². The second-order valence-corrected chi connectivity index (χ2v) is 10.4. The highest BCUT2D eigenvalue weighted by Gasteiger charge is 2.20. The van der Waals surface area contributed by atoms with Gasteiger partial charge in [0, 0.05) is 29.9 Å². The first-order valence-electron chi connectivity index (χ1n) is 11.3. The first kappa shape index (κ1) is 22.5. The van der Waals surface area contributed by atoms with Gasteiger partial charge in [-0.3, -0.25) is 14.3 Å². The van der Waals surface area contributed by atoms with E-state index in [1.165, 1.54) is 22.2 Å². The minimum absolute atomic E-state index is 0.00186. The molecule has 0 saturated carbocycles. The number of ether oxygens (including phenoxy) is 1. The molecule has 0 radical (unpaired) electrons. The molecular formula is C24H27N5O2S2. The normalized spacial score (nSPS) is 15.0. The highest BCUT2D eigenvalue weighted by atomic mass is 32.2. The van der Waals surface area contributed by atoms with E-state index in [9.17, 15) is 4.79 Å². The van der Waals surface area contributed by atoms with Gasteiger partial charge < -0.3 is 4.74 Å². The molecule has 0 bridgehead atoms. The van der Waals surface area contributed by atoms with Crippen molar-refractivity contribution in [1.82, 2.24) is 24.4 Å². The average Bonchev–Trinajstić information content (AvgIpc) is 3.10. The minimum Gasteiger partial charge on any atom is -0.379 e. The fraction of sp³-hybridized carbons (Fsp3) is 0.417. The van der Waals surface area contributed by atoms with Crippen molar-refractivity contribution in [2.45, 2.75) is 50.5 Å². The Morgan fingerprint density at radius 2 is 1.91 bits per heavy atom. The fourth-order valence-electron chi connectivity index (χ4n) is 4.09. The summed E-state index contributed by atoms with van der Waals surface area (Å²) in [6.45, 7) is 10.9. The third-order valence-corrected chi connectivity index (χ3v) is 8.06. The van der Waals surface area contributed by atoms with Gasteiger partial charge in [0.15, 0.2) is 5.16 Å². The van der Waals surface area contributed by atoms with Crippen molar-refractivity contribution in [2.24, 2.45) is 0 Å². The monoisotopic (exact) mass is 481 g/mol. The number of thiophene rings is 1. The lowest BCUT2D eigenvalue weighted by atomic mass is 10.2. The van der Waals surface area contributed by atoms with Crippen LogP contribution in [0.25, 0.3) is 21.1 Å². The van der Waals surface area contributed by atoms with Gasteiger partial charge in [-0.05, 0) is 49.7 Å². The predicted octanol–water partition coefficient (Wildman–Crippen LogP) is 4.41. The Kier molecular flexibility index (Phi) is 6.47. The molecule has 0 unspecified atom stereocenters. The van der Waals surface area contributed by atoms with Crippen LogP contribution in [0.5, 0.6) is 0 Å². The van der Waals surface area contributed by atoms with Gasteiger partial charge in [0.1, 0.15) is 15.7 Å². The molecule has 1 fully saturated rings. The summed E-state index contributed by atoms with van der Waals surface area (Å²) >= 11 is 3.18. The van der Waals surface area contributed by atoms with Crippen molar-refractivity contribution >= 4 is 44.2 Å². The standard InChI is InChI=1S/C24H27N5O2S2/c1-4-9-29-23(30)17-7-5-6-8-18(17)25-24(29)33-22-20-15(2)16(3)32-21(20)26-19(27-22)14-28-10-12-31-13-11-28/h5-8H,4,9-14H2,1-3H3. The Morgan fingerprint density at radius 1 is 1.12 bits per heavy atom. The number of benzene rings is 1. The third-order valence-electron chi connectivity index (χ3n) is 5.97. The van der Waals surface area contributed by atoms with Gasteiger partial charge in [0.2, 0.25) is 0 Å². The molecule has 0 amide bonds. The zero-order chi connectivity index (χ0) is 22.9. The topological polar surface area (TPSA) is 73.1 Å². The number of hydrogen-bond acceptors (Lipinski definition) is 8. The number of hydrogen-bond donors (Lipinski definition) is 0. The van der Waals surface area contributed by atoms with Gasteiger partial charge in [0.25, 0.3) is 5.56 Å². The van der Waals surface area contributed by atoms with Crippen LogP contribution >= 0.6 is 23.1 Å². The summed E-state index contributed by atoms with van der Waals surface area (Å²) in [5, 5.41) is 3.27. The SMILES string of the molecule is CCCn1c(Sc2nc(CN3CCOCC3)nc3sc(C)c(C)c23)nc2ccccc2c1=O. The van der Waals surface area contributed by atoms with E-state index < -0.39 is 0 Å². The van der Waals surface area contributed by atoms with Crippen LogP contribution in [0.15, 0.2) is 39.2 Å². The number of aryl methyl sites for hydroxylation is 2. The highest BCUT2D eigenvalue weighted by molar-refractivity contribution is 7.99. The molecule has 1 aliphatic rings. The Balaban J connectivity index is 1.62. The molecule has 7 nitrogen and oxygen atoms in total. The van der Waals surface area contributed by atoms with Gasteiger partial charge in [-0.1, -0.05) is 19.1 Å². The van der Waals surface area contributed by atoms with Crippen LogP contribution in [0.2, 0.25) is 0 Å². The van der Waals surface area contributed by atoms with Crippen molar-refractivity contribution in [3.63, 3.8) is 0 Å². The fourth-order valence-corrected chi connectivity index (χ4v) is 6.31. The first-order chi connectivity index (χ1) is 16.0. The van der Waals surface area contributed by atoms with Crippen LogP contribution in [0, 0.1) is 13.8 Å². The molecule has 0 atom stereocenters. The summed E-state index contributed by atoms with van der Waals surface area (Å²) in [6, 6.07) is 7.55. The second-order valence-electron chi connectivity index (χ2n) is 8.27. The summed E-state index contributed by atoms with van der Waals surface area (Å²) in [4.78, 5) is 32.6. The molecule has 1 aromatic carbocycles. The maximum Gasteiger partial charge on any atom is 0.262 e. The lowest BCUT2D eigenvalue weighted by molar-refractivity contribution is 0.0330. The van der Waals surface area contributed by atoms with Gasteiger partial charge in [-0.2, -0.15) is 0 Å². The van der Waals surface area contributed by atoms with Crippen LogP contribution in [0.3, 0.4) is 0 Å². The van der Waals surface area contributed by atoms with Crippen molar-refractivity contribution in [3.05, 3.63) is 50.9 Å². The van der Waals surface area contributed by atoms with E-state index in [0.717, 1.165) is 59.3 Å². The number of rotatable bonds is 6. The van der Waals surface area contributed by atoms with Crippen LogP contribution in [0.4, 0.5) is 0 Å². The van der Waals surface area contributed by atoms with Crippen LogP contribution in [0.1, 0.15) is 29.6 Å². The predicted molar refractivity (Wildman–Crippen MR) is 133 cm³/mol. The van der Waals surface area contributed by atoms with E-state index in [4.69, 9.17) is 19.7 Å². The van der Waals surface area contributed by atoms with Gasteiger partial charge >= 0.3 is 0 Å². The van der Waals surface area contributed by atoms with Crippen molar-refractivity contribution in [3.8, 4) is 0 Å². The van der Waals surface area contributed by atoms with Gasteiger partial charge in [-0.15, -0.1) is 11.3 Å². The summed E-state index contributed by atoms with van der Waals surface area (Å²) in [5.74, 6) is 0.804. The zero-order valence-electron chi connectivity index (χ0n) is 19.1. The lowest BCUT2D eigenvalue weighted by Crippen LogP contribution is -2.36. The number of nitrogens with zero attached hydrogens (tertiary/aromatic N) is 5. The minimum atomic E-state index is 0.00186. The molecule has 9 heteroatoms. The molecule has 0 N–H and O–H groups in total. The molecule has 4 aromatic rings. The molecular weight excluding hydrogens is 454 g/mol. The smallest absolute Gasteiger partial charge is 0.262 e. The molecule has 0 aliphatic carbocycles. The second kappa shape index (κ2) is 9.50. The molecule has 1 saturated heterocycles. The quantitative estimate of drug-likeness (QED) is 0.298. The largest absolute Gasteiger partial charge is 0.379 e. The maximum atomic E-state index is 13.3. The van der Waals surface area contributed by atoms with E-state index in [0.29, 0.717) is 23.6 Å². The molecule has 172 valence electrons. The van der Waals surface area contributed by atoms with Crippen molar-refractivity contribution in [1.29, 1.82) is 0 Å². The van der Waals surface area contributed by atoms with Crippen LogP contribution in [-0.2, 0) is 17.8 Å². The number of morpholine rings is 1. The average molecular weight is 482 g/mol. The Labute approximate surface area is 200 Å². The zero-order valence-corrected chi connectivity index (χ0v) is 20.8. The third kappa shape index (κ3) is 4.42. The molecule has 0 spiro atoms. The van der Waals surface area contributed by atoms with E-state index in [-0.39, 0.29) is 5.56 Å². The highest BCUT2D eigenvalue weighted by Crippen LogP contribution is 2.37. The van der Waals surface area contributed by atoms with Crippen LogP contribution < -0.4 is 5.56 Å². The van der Waals surface area contributed by atoms with Gasteiger partial charge in [-0.25, -0.2) is 15.0 Å². The summed E-state index contributed by atoms with van der Waals surface area (Å²) < 4.78 is 7.28. The molecule has 33 heavy (non-hydrogen) atoms. The Morgan fingerprint density at radius 3 is 2.70 bits per heavy atom. The van der Waals surface area contributed by atoms with Gasteiger partial charge in [0.05, 0.1) is 30.7 Å². The van der Waals surface area contributed by atoms with E-state index >= 15 is 0 Å². The van der Waals surface area contributed by atoms with E-state index in [1.807, 2.05) is 24.3 Å². The molecule has 5 rings (SSSR count). The first-order valence-corrected chi connectivity index (χ1v) is 12.9. The summed E-state index contributed by atoms with van der Waals surface area (Å²) in [7, 11) is 0. The Bertz CT molecular complexity index is 1380. The van der Waals surface area contributed by atoms with Crippen molar-refractivity contribution < 1.29 is 4.74 Å². The summed E-state index contributed by atoms with van der Waals surface area (Å²) in [5.41, 5.74) is 1.91. The van der Waals surface area contributed by atoms with E-state index in [1.54, 1.807) is 15.9 Å². The van der Waals surface area contributed by atoms with Crippen LogP contribution in [-0.4, -0.2) is 50.7 Å². The Hall–Kier alpha value is -2.33. The number of fused-ring (bicyclic) bond motifs is 2. The lowest BCUT2D eigenvalue weighted by Gasteiger charge is -2.25. The van der Waals surface area contributed by atoms with E-state index in [2.05, 4.69) is 25.7 Å². The molecule has 4 heterocycles. The summed E-state index contributed by atoms with van der Waals surface area (Å²) in [6.07, 6.45) is 0.853. The molecule has 3 aromatic heterocycles.